The van der Waals surface area contributed by atoms with Crippen molar-refractivity contribution in [3.63, 3.8) is 0 Å². The first-order valence-electron chi connectivity index (χ1n) is 2.15. The molecule has 0 heterocycles. The molecule has 0 aromatic carbocycles. The Labute approximate surface area is 131 Å². The van der Waals surface area contributed by atoms with Gasteiger partial charge in [-0.2, -0.15) is 0 Å². The van der Waals surface area contributed by atoms with Gasteiger partial charge in [0.05, 0.1) is 0 Å². The van der Waals surface area contributed by atoms with Gasteiger partial charge in [-0.1, -0.05) is 0 Å². The largest absolute Gasteiger partial charge is 3.00 e. The van der Waals surface area contributed by atoms with E-state index in [0.29, 0.717) is 0 Å². The van der Waals surface area contributed by atoms with Gasteiger partial charge in [0.2, 0.25) is 0 Å². The van der Waals surface area contributed by atoms with Gasteiger partial charge < -0.3 is 43.3 Å². The average molecular weight is 318 g/mol. The maximum absolute atomic E-state index is 8.91. The summed E-state index contributed by atoms with van der Waals surface area (Å²) in [6.07, 6.45) is -2.33. The van der Waals surface area contributed by atoms with Gasteiger partial charge in [-0.05, 0) is 6.16 Å². The van der Waals surface area contributed by atoms with Gasteiger partial charge in [0.1, 0.15) is 0 Å². The predicted octanol–water partition coefficient (Wildman–Crippen LogP) is -7.79. The molecule has 0 bridgehead atoms. The van der Waals surface area contributed by atoms with Crippen LogP contribution in [-0.4, -0.2) is 102 Å². The van der Waals surface area contributed by atoms with Crippen LogP contribution in [0, 0.1) is 0 Å². The summed E-state index contributed by atoms with van der Waals surface area (Å²) in [6.45, 7) is 0. The standard InChI is InChI=1S/CH2O3.Al.Ca.H2O4S.H3O4Si/c2-1(3)4;;;2*1-5(2,3)4/h(H2,2,3,4);;;(H2,1,2,3,4);1-3H/q;+3;+2;;-1/p-4. The van der Waals surface area contributed by atoms with Gasteiger partial charge in [0.25, 0.3) is 0 Å². The summed E-state index contributed by atoms with van der Waals surface area (Å²) in [5, 5.41) is 16.7. The molecule has 0 rings (SSSR count). The van der Waals surface area contributed by atoms with E-state index in [4.69, 9.17) is 51.7 Å². The normalized spacial score (nSPS) is 8.88. The van der Waals surface area contributed by atoms with E-state index in [9.17, 15) is 0 Å². The van der Waals surface area contributed by atoms with E-state index in [-0.39, 0.29) is 55.1 Å². The van der Waals surface area contributed by atoms with Crippen molar-refractivity contribution in [3.05, 3.63) is 0 Å². The minimum atomic E-state index is -5.17. The van der Waals surface area contributed by atoms with E-state index in [1.54, 1.807) is 0 Å². The summed E-state index contributed by atoms with van der Waals surface area (Å²) < 4.78 is 34.1. The summed E-state index contributed by atoms with van der Waals surface area (Å²) in [7, 11) is -10.0. The maximum atomic E-state index is 8.91. The Kier molecular flexibility index (Phi) is 26.5. The molecule has 0 saturated heterocycles. The molecule has 16 heavy (non-hydrogen) atoms. The van der Waals surface area contributed by atoms with E-state index >= 15 is 0 Å². The Morgan fingerprint density at radius 3 is 1.06 bits per heavy atom. The number of hydrogen-bond donors (Lipinski definition) is 3. The minimum Gasteiger partial charge on any atom is -0.794 e. The molecule has 0 radical (unpaired) electrons. The molecule has 0 aromatic heterocycles. The number of rotatable bonds is 0. The molecule has 88 valence electrons. The van der Waals surface area contributed by atoms with Crippen LogP contribution in [0.2, 0.25) is 0 Å². The van der Waals surface area contributed by atoms with E-state index < -0.39 is 25.6 Å². The third kappa shape index (κ3) is 3000. The van der Waals surface area contributed by atoms with Crippen molar-refractivity contribution in [3.8, 4) is 0 Å². The van der Waals surface area contributed by atoms with Crippen molar-refractivity contribution in [1.29, 1.82) is 0 Å². The third-order valence-corrected chi connectivity index (χ3v) is 0. The molecule has 0 fully saturated rings. The maximum Gasteiger partial charge on any atom is 3.00 e. The molecule has 0 atom stereocenters. The molecule has 0 amide bonds. The Morgan fingerprint density at radius 1 is 1.06 bits per heavy atom. The molecule has 0 aromatic rings. The second kappa shape index (κ2) is 14.1. The first-order valence-corrected chi connectivity index (χ1v) is 5.24. The Bertz CT molecular complexity index is 225. The SMILES string of the molecule is O=C([O-])[O-].O=S(=O)([O-])[O-].[Al+3].[Ca+2].[O-][Si](O)(O)O. The van der Waals surface area contributed by atoms with E-state index in [1.165, 1.54) is 0 Å². The van der Waals surface area contributed by atoms with Crippen LogP contribution in [-0.2, 0) is 10.4 Å². The van der Waals surface area contributed by atoms with Gasteiger partial charge in [-0.3, -0.25) is 8.42 Å². The smallest absolute Gasteiger partial charge is 0.794 e. The summed E-state index contributed by atoms with van der Waals surface area (Å²) in [5.41, 5.74) is 0. The van der Waals surface area contributed by atoms with Crippen molar-refractivity contribution in [1.82, 2.24) is 0 Å². The zero-order chi connectivity index (χ0) is 12.6. The molecular formula is CH3AlCaO11SSi. The van der Waals surface area contributed by atoms with Crippen LogP contribution < -0.4 is 15.0 Å². The Morgan fingerprint density at radius 2 is 1.06 bits per heavy atom. The summed E-state index contributed by atoms with van der Waals surface area (Å²) >= 11 is 0. The number of carboxylic acid groups (broad SMARTS) is 2. The second-order valence-electron chi connectivity index (χ2n) is 1.23. The summed E-state index contributed by atoms with van der Waals surface area (Å²) in [4.78, 5) is 38.9. The molecule has 0 aliphatic carbocycles. The fraction of sp³-hybridized carbons (Fsp3) is 0. The van der Waals surface area contributed by atoms with Gasteiger partial charge in [-0.15, -0.1) is 0 Å². The van der Waals surface area contributed by atoms with Crippen LogP contribution >= 0.6 is 0 Å². The number of carbonyl (C=O) groups is 1. The van der Waals surface area contributed by atoms with Crippen LogP contribution in [0.15, 0.2) is 0 Å². The predicted molar refractivity (Wildman–Crippen MR) is 39.8 cm³/mol. The number of hydrogen-bond acceptors (Lipinski definition) is 11. The van der Waals surface area contributed by atoms with Crippen LogP contribution in [0.4, 0.5) is 4.79 Å². The van der Waals surface area contributed by atoms with Gasteiger partial charge in [0, 0.05) is 10.4 Å². The van der Waals surface area contributed by atoms with Gasteiger partial charge >= 0.3 is 64.1 Å². The van der Waals surface area contributed by atoms with Crippen molar-refractivity contribution < 1.29 is 51.7 Å². The molecular weight excluding hydrogens is 315 g/mol. The zero-order valence-corrected chi connectivity index (χ0v) is 12.5. The molecule has 0 aliphatic rings. The fourth-order valence-corrected chi connectivity index (χ4v) is 0. The Hall–Kier alpha value is 0.989. The molecule has 3 N–H and O–H groups in total. The van der Waals surface area contributed by atoms with Crippen LogP contribution in [0.1, 0.15) is 0 Å². The van der Waals surface area contributed by atoms with Crippen LogP contribution in [0.25, 0.3) is 0 Å². The molecule has 0 saturated carbocycles. The Balaban J connectivity index is -0.0000000358. The van der Waals surface area contributed by atoms with Crippen molar-refractivity contribution >= 4 is 80.7 Å². The van der Waals surface area contributed by atoms with E-state index in [2.05, 4.69) is 0 Å². The van der Waals surface area contributed by atoms with E-state index in [0.717, 1.165) is 0 Å². The van der Waals surface area contributed by atoms with Crippen molar-refractivity contribution in [2.75, 3.05) is 0 Å². The van der Waals surface area contributed by atoms with Crippen molar-refractivity contribution in [2.24, 2.45) is 0 Å². The van der Waals surface area contributed by atoms with Crippen molar-refractivity contribution in [2.45, 2.75) is 0 Å². The average Bonchev–Trinajstić information content (AvgIpc) is 1.45. The number of carbonyl (C=O) groups excluding carboxylic acids is 1. The first kappa shape index (κ1) is 30.2. The molecule has 0 spiro atoms. The molecule has 11 nitrogen and oxygen atoms in total. The monoisotopic (exact) mass is 318 g/mol. The summed E-state index contributed by atoms with van der Waals surface area (Å²) in [5.74, 6) is 0. The van der Waals surface area contributed by atoms with Gasteiger partial charge in [-0.25, -0.2) is 0 Å². The fourth-order valence-electron chi connectivity index (χ4n) is 0. The molecule has 0 unspecified atom stereocenters. The zero-order valence-electron chi connectivity index (χ0n) is 7.30. The summed E-state index contributed by atoms with van der Waals surface area (Å²) in [6, 6.07) is 0. The first-order chi connectivity index (χ1) is 5.73. The second-order valence-corrected chi connectivity index (χ2v) is 3.20. The topological polar surface area (TPSA) is 227 Å². The van der Waals surface area contributed by atoms with Gasteiger partial charge in [0.15, 0.2) is 0 Å². The third-order valence-electron chi connectivity index (χ3n) is 0. The molecule has 15 heteroatoms. The van der Waals surface area contributed by atoms with Crippen LogP contribution in [0.3, 0.4) is 0 Å². The van der Waals surface area contributed by atoms with E-state index in [1.807, 2.05) is 0 Å². The quantitative estimate of drug-likeness (QED) is 0.216. The molecule has 0 aliphatic heterocycles. The van der Waals surface area contributed by atoms with Crippen LogP contribution in [0.5, 0.6) is 0 Å². The minimum absolute atomic E-state index is 0.